The maximum Gasteiger partial charge on any atom is 0.214 e. The standard InChI is InChI=1S/C24H25N5O3S/c1-5-32-19-12-10-18(11-13-19)28-16(2)14-20(17(28)3)22(30)15-33-24-25-26-27-29(24)21-8-6-7-9-23(21)31-4/h6-14H,5,15H2,1-4H3. The van der Waals surface area contributed by atoms with Gasteiger partial charge in [0.05, 0.1) is 19.5 Å². The van der Waals surface area contributed by atoms with E-state index in [2.05, 4.69) is 20.1 Å². The first-order chi connectivity index (χ1) is 16.0. The number of benzene rings is 2. The summed E-state index contributed by atoms with van der Waals surface area (Å²) in [5, 5.41) is 12.5. The predicted octanol–water partition coefficient (Wildman–Crippen LogP) is 4.45. The molecule has 2 aromatic carbocycles. The van der Waals surface area contributed by atoms with E-state index >= 15 is 0 Å². The number of para-hydroxylation sites is 2. The minimum atomic E-state index is 0.0138. The van der Waals surface area contributed by atoms with Crippen LogP contribution >= 0.6 is 11.8 Å². The normalized spacial score (nSPS) is 10.9. The predicted molar refractivity (Wildman–Crippen MR) is 127 cm³/mol. The third-order valence-corrected chi connectivity index (χ3v) is 6.14. The van der Waals surface area contributed by atoms with Gasteiger partial charge in [0, 0.05) is 22.6 Å². The number of rotatable bonds is 9. The van der Waals surface area contributed by atoms with Crippen molar-refractivity contribution in [3.63, 3.8) is 0 Å². The van der Waals surface area contributed by atoms with Gasteiger partial charge >= 0.3 is 0 Å². The van der Waals surface area contributed by atoms with Crippen LogP contribution in [0.5, 0.6) is 11.5 Å². The van der Waals surface area contributed by atoms with Gasteiger partial charge in [-0.05, 0) is 73.7 Å². The van der Waals surface area contributed by atoms with Gasteiger partial charge in [0.25, 0.3) is 0 Å². The number of carbonyl (C=O) groups excluding carboxylic acids is 1. The number of ether oxygens (including phenoxy) is 2. The number of ketones is 1. The molecule has 0 saturated carbocycles. The quantitative estimate of drug-likeness (QED) is 0.268. The summed E-state index contributed by atoms with van der Waals surface area (Å²) in [5.41, 5.74) is 4.27. The number of carbonyl (C=O) groups is 1. The van der Waals surface area contributed by atoms with E-state index in [0.717, 1.165) is 22.8 Å². The minimum Gasteiger partial charge on any atom is -0.494 e. The molecule has 4 rings (SSSR count). The molecule has 0 aliphatic carbocycles. The Morgan fingerprint density at radius 1 is 1.09 bits per heavy atom. The smallest absolute Gasteiger partial charge is 0.214 e. The van der Waals surface area contributed by atoms with Crippen molar-refractivity contribution in [2.75, 3.05) is 19.5 Å². The molecule has 8 nitrogen and oxygen atoms in total. The molecule has 170 valence electrons. The molecule has 2 aromatic heterocycles. The molecular formula is C24H25N5O3S. The zero-order valence-electron chi connectivity index (χ0n) is 19.0. The molecule has 0 fully saturated rings. The molecule has 0 atom stereocenters. The lowest BCUT2D eigenvalue weighted by Crippen LogP contribution is -2.07. The van der Waals surface area contributed by atoms with Crippen LogP contribution in [0.3, 0.4) is 0 Å². The fourth-order valence-corrected chi connectivity index (χ4v) is 4.50. The molecule has 0 radical (unpaired) electrons. The second kappa shape index (κ2) is 9.91. The number of nitrogens with zero attached hydrogens (tertiary/aromatic N) is 5. The van der Waals surface area contributed by atoms with Gasteiger partial charge < -0.3 is 14.0 Å². The van der Waals surface area contributed by atoms with E-state index in [-0.39, 0.29) is 11.5 Å². The number of aryl methyl sites for hydroxylation is 1. The molecule has 4 aromatic rings. The fourth-order valence-electron chi connectivity index (χ4n) is 3.73. The van der Waals surface area contributed by atoms with Crippen molar-refractivity contribution in [3.8, 4) is 22.9 Å². The highest BCUT2D eigenvalue weighted by molar-refractivity contribution is 7.99. The van der Waals surface area contributed by atoms with Gasteiger partial charge in [-0.1, -0.05) is 23.9 Å². The summed E-state index contributed by atoms with van der Waals surface area (Å²) in [6, 6.07) is 17.3. The highest BCUT2D eigenvalue weighted by Gasteiger charge is 2.19. The third-order valence-electron chi connectivity index (χ3n) is 5.22. The molecule has 0 aliphatic heterocycles. The van der Waals surface area contributed by atoms with Crippen LogP contribution in [-0.2, 0) is 0 Å². The number of methoxy groups -OCH3 is 1. The lowest BCUT2D eigenvalue weighted by atomic mass is 10.2. The first kappa shape index (κ1) is 22.6. The monoisotopic (exact) mass is 463 g/mol. The highest BCUT2D eigenvalue weighted by Crippen LogP contribution is 2.28. The van der Waals surface area contributed by atoms with E-state index in [1.807, 2.05) is 75.4 Å². The summed E-state index contributed by atoms with van der Waals surface area (Å²) < 4.78 is 14.6. The van der Waals surface area contributed by atoms with Gasteiger partial charge in [-0.3, -0.25) is 4.79 Å². The van der Waals surface area contributed by atoms with E-state index in [1.165, 1.54) is 11.8 Å². The lowest BCUT2D eigenvalue weighted by molar-refractivity contribution is 0.102. The van der Waals surface area contributed by atoms with Gasteiger partial charge in [-0.25, -0.2) is 0 Å². The molecule has 0 bridgehead atoms. The van der Waals surface area contributed by atoms with Gasteiger partial charge in [0.2, 0.25) is 5.16 Å². The molecule has 0 unspecified atom stereocenters. The first-order valence-corrected chi connectivity index (χ1v) is 11.5. The fraction of sp³-hybridized carbons (Fsp3) is 0.250. The van der Waals surface area contributed by atoms with Crippen LogP contribution in [0, 0.1) is 13.8 Å². The molecule has 0 spiro atoms. The lowest BCUT2D eigenvalue weighted by Gasteiger charge is -2.11. The van der Waals surface area contributed by atoms with Crippen molar-refractivity contribution >= 4 is 17.5 Å². The van der Waals surface area contributed by atoms with Crippen molar-refractivity contribution in [1.82, 2.24) is 24.8 Å². The average molecular weight is 464 g/mol. The third kappa shape index (κ3) is 4.63. The molecule has 0 aliphatic rings. The summed E-state index contributed by atoms with van der Waals surface area (Å²) >= 11 is 1.29. The molecular weight excluding hydrogens is 438 g/mol. The van der Waals surface area contributed by atoms with Gasteiger partial charge in [0.15, 0.2) is 5.78 Å². The van der Waals surface area contributed by atoms with Crippen molar-refractivity contribution < 1.29 is 14.3 Å². The van der Waals surface area contributed by atoms with Crippen molar-refractivity contribution in [1.29, 1.82) is 0 Å². The maximum atomic E-state index is 13.1. The molecule has 0 saturated heterocycles. The van der Waals surface area contributed by atoms with Gasteiger partial charge in [-0.15, -0.1) is 5.10 Å². The molecule has 9 heteroatoms. The SMILES string of the molecule is CCOc1ccc(-n2c(C)cc(C(=O)CSc3nnnn3-c3ccccc3OC)c2C)cc1. The Balaban J connectivity index is 1.53. The topological polar surface area (TPSA) is 84.1 Å². The van der Waals surface area contributed by atoms with Crippen LogP contribution < -0.4 is 9.47 Å². The largest absolute Gasteiger partial charge is 0.494 e. The molecule has 2 heterocycles. The summed E-state index contributed by atoms with van der Waals surface area (Å²) in [6.45, 7) is 6.53. The Kier molecular flexibility index (Phi) is 6.79. The van der Waals surface area contributed by atoms with Crippen LogP contribution in [0.15, 0.2) is 59.8 Å². The Morgan fingerprint density at radius 2 is 1.85 bits per heavy atom. The second-order valence-corrected chi connectivity index (χ2v) is 8.25. The Morgan fingerprint density at radius 3 is 2.58 bits per heavy atom. The number of hydrogen-bond acceptors (Lipinski definition) is 7. The van der Waals surface area contributed by atoms with E-state index < -0.39 is 0 Å². The maximum absolute atomic E-state index is 13.1. The number of Topliss-reactive ketones (excluding diaryl/α,β-unsaturated/α-hetero) is 1. The van der Waals surface area contributed by atoms with E-state index in [9.17, 15) is 4.79 Å². The van der Waals surface area contributed by atoms with E-state index in [1.54, 1.807) is 11.8 Å². The van der Waals surface area contributed by atoms with E-state index in [0.29, 0.717) is 28.8 Å². The Bertz CT molecular complexity index is 1260. The zero-order chi connectivity index (χ0) is 23.4. The van der Waals surface area contributed by atoms with Crippen LogP contribution in [-0.4, -0.2) is 50.0 Å². The summed E-state index contributed by atoms with van der Waals surface area (Å²) in [5.74, 6) is 1.70. The van der Waals surface area contributed by atoms with Crippen LogP contribution in [0.2, 0.25) is 0 Å². The molecule has 33 heavy (non-hydrogen) atoms. The Labute approximate surface area is 196 Å². The number of tetrazole rings is 1. The highest BCUT2D eigenvalue weighted by atomic mass is 32.2. The van der Waals surface area contributed by atoms with Crippen LogP contribution in [0.1, 0.15) is 28.7 Å². The summed E-state index contributed by atoms with van der Waals surface area (Å²) in [7, 11) is 1.60. The Hall–Kier alpha value is -3.59. The van der Waals surface area contributed by atoms with Crippen molar-refractivity contribution in [2.24, 2.45) is 0 Å². The van der Waals surface area contributed by atoms with Crippen LogP contribution in [0.25, 0.3) is 11.4 Å². The second-order valence-electron chi connectivity index (χ2n) is 7.30. The minimum absolute atomic E-state index is 0.0138. The van der Waals surface area contributed by atoms with Gasteiger partial charge in [-0.2, -0.15) is 4.68 Å². The van der Waals surface area contributed by atoms with Crippen molar-refractivity contribution in [2.45, 2.75) is 25.9 Å². The molecule has 0 N–H and O–H groups in total. The summed E-state index contributed by atoms with van der Waals surface area (Å²) in [6.07, 6.45) is 0. The first-order valence-electron chi connectivity index (χ1n) is 10.5. The number of thioether (sulfide) groups is 1. The zero-order valence-corrected chi connectivity index (χ0v) is 19.8. The average Bonchev–Trinajstić information content (AvgIpc) is 3.42. The number of hydrogen-bond donors (Lipinski definition) is 0. The van der Waals surface area contributed by atoms with Gasteiger partial charge in [0.1, 0.15) is 17.2 Å². The van der Waals surface area contributed by atoms with Crippen LogP contribution in [0.4, 0.5) is 0 Å². The summed E-state index contributed by atoms with van der Waals surface area (Å²) in [4.78, 5) is 13.1. The number of aromatic nitrogens is 5. The molecule has 0 amide bonds. The van der Waals surface area contributed by atoms with E-state index in [4.69, 9.17) is 9.47 Å². The van der Waals surface area contributed by atoms with Crippen molar-refractivity contribution in [3.05, 3.63) is 71.5 Å².